The van der Waals surface area contributed by atoms with Crippen LogP contribution in [0.1, 0.15) is 31.2 Å². The van der Waals surface area contributed by atoms with Crippen LogP contribution in [0.2, 0.25) is 0 Å². The van der Waals surface area contributed by atoms with Crippen LogP contribution in [0.25, 0.3) is 5.82 Å². The van der Waals surface area contributed by atoms with Crippen molar-refractivity contribution in [3.8, 4) is 5.82 Å². The molecule has 0 aliphatic carbocycles. The van der Waals surface area contributed by atoms with Crippen molar-refractivity contribution in [1.82, 2.24) is 24.7 Å². The molecule has 0 atom stereocenters. The van der Waals surface area contributed by atoms with E-state index in [9.17, 15) is 0 Å². The first kappa shape index (κ1) is 12.0. The summed E-state index contributed by atoms with van der Waals surface area (Å²) in [6, 6.07) is 0. The molecule has 5 nitrogen and oxygen atoms in total. The van der Waals surface area contributed by atoms with Crippen molar-refractivity contribution >= 4 is 11.6 Å². The SMILES string of the molecule is CCc1nc(CC)n(-c2cncc(CCl)n2)n1. The van der Waals surface area contributed by atoms with Crippen LogP contribution in [0.15, 0.2) is 12.4 Å². The van der Waals surface area contributed by atoms with E-state index >= 15 is 0 Å². The molecule has 0 unspecified atom stereocenters. The molecule has 0 spiro atoms. The van der Waals surface area contributed by atoms with E-state index < -0.39 is 0 Å². The molecule has 2 rings (SSSR count). The van der Waals surface area contributed by atoms with Gasteiger partial charge in [-0.1, -0.05) is 13.8 Å². The average molecular weight is 252 g/mol. The molecule has 0 aliphatic rings. The fourth-order valence-corrected chi connectivity index (χ4v) is 1.64. The van der Waals surface area contributed by atoms with E-state index in [1.54, 1.807) is 17.1 Å². The topological polar surface area (TPSA) is 56.5 Å². The molecule has 0 amide bonds. The smallest absolute Gasteiger partial charge is 0.174 e. The molecule has 2 aromatic heterocycles. The number of aryl methyl sites for hydroxylation is 2. The molecular formula is C11H14ClN5. The summed E-state index contributed by atoms with van der Waals surface area (Å²) in [6.07, 6.45) is 4.94. The average Bonchev–Trinajstić information content (AvgIpc) is 2.82. The maximum atomic E-state index is 5.74. The molecule has 90 valence electrons. The zero-order valence-corrected chi connectivity index (χ0v) is 10.6. The normalized spacial score (nSPS) is 10.8. The Morgan fingerprint density at radius 2 is 2.00 bits per heavy atom. The van der Waals surface area contributed by atoms with Gasteiger partial charge in [0.05, 0.1) is 17.8 Å². The molecule has 0 N–H and O–H groups in total. The summed E-state index contributed by atoms with van der Waals surface area (Å²) in [5.41, 5.74) is 0.736. The van der Waals surface area contributed by atoms with E-state index in [1.165, 1.54) is 0 Å². The number of hydrogen-bond acceptors (Lipinski definition) is 4. The number of hydrogen-bond donors (Lipinski definition) is 0. The Labute approximate surface area is 105 Å². The van der Waals surface area contributed by atoms with Gasteiger partial charge in [-0.15, -0.1) is 16.7 Å². The van der Waals surface area contributed by atoms with E-state index in [2.05, 4.69) is 20.1 Å². The molecule has 6 heteroatoms. The Hall–Kier alpha value is -1.49. The molecule has 0 bridgehead atoms. The Morgan fingerprint density at radius 1 is 1.18 bits per heavy atom. The third-order valence-electron chi connectivity index (χ3n) is 2.38. The van der Waals surface area contributed by atoms with Crippen molar-refractivity contribution in [1.29, 1.82) is 0 Å². The van der Waals surface area contributed by atoms with E-state index in [0.717, 1.165) is 30.2 Å². The number of halogens is 1. The molecule has 2 aromatic rings. The summed E-state index contributed by atoms with van der Waals surface area (Å²) in [5.74, 6) is 2.73. The summed E-state index contributed by atoms with van der Waals surface area (Å²) in [5, 5.41) is 4.41. The van der Waals surface area contributed by atoms with Crippen LogP contribution in [0.5, 0.6) is 0 Å². The molecule has 0 radical (unpaired) electrons. The fourth-order valence-electron chi connectivity index (χ4n) is 1.52. The first-order valence-electron chi connectivity index (χ1n) is 5.60. The minimum absolute atomic E-state index is 0.345. The van der Waals surface area contributed by atoms with Gasteiger partial charge in [0, 0.05) is 19.0 Å². The predicted molar refractivity (Wildman–Crippen MR) is 65.3 cm³/mol. The first-order chi connectivity index (χ1) is 8.28. The van der Waals surface area contributed by atoms with E-state index in [4.69, 9.17) is 11.6 Å². The molecule has 17 heavy (non-hydrogen) atoms. The van der Waals surface area contributed by atoms with Gasteiger partial charge in [0.15, 0.2) is 11.6 Å². The molecular weight excluding hydrogens is 238 g/mol. The van der Waals surface area contributed by atoms with E-state index in [1.807, 2.05) is 13.8 Å². The van der Waals surface area contributed by atoms with Gasteiger partial charge < -0.3 is 0 Å². The maximum Gasteiger partial charge on any atom is 0.174 e. The Morgan fingerprint density at radius 3 is 2.65 bits per heavy atom. The van der Waals surface area contributed by atoms with Gasteiger partial charge in [-0.2, -0.15) is 4.68 Å². The minimum atomic E-state index is 0.345. The van der Waals surface area contributed by atoms with Crippen molar-refractivity contribution in [2.75, 3.05) is 0 Å². The van der Waals surface area contributed by atoms with Crippen LogP contribution in [-0.4, -0.2) is 24.7 Å². The second-order valence-corrected chi connectivity index (χ2v) is 3.83. The molecule has 2 heterocycles. The van der Waals surface area contributed by atoms with Crippen LogP contribution in [-0.2, 0) is 18.7 Å². The van der Waals surface area contributed by atoms with Gasteiger partial charge in [0.1, 0.15) is 5.82 Å². The summed E-state index contributed by atoms with van der Waals surface area (Å²) in [4.78, 5) is 12.9. The summed E-state index contributed by atoms with van der Waals surface area (Å²) in [7, 11) is 0. The van der Waals surface area contributed by atoms with Gasteiger partial charge in [-0.05, 0) is 0 Å². The zero-order chi connectivity index (χ0) is 12.3. The van der Waals surface area contributed by atoms with Gasteiger partial charge in [-0.25, -0.2) is 9.97 Å². The second-order valence-electron chi connectivity index (χ2n) is 3.57. The Bertz CT molecular complexity index is 508. The summed E-state index contributed by atoms with van der Waals surface area (Å²) < 4.78 is 1.74. The lowest BCUT2D eigenvalue weighted by molar-refractivity contribution is 0.759. The van der Waals surface area contributed by atoms with Crippen molar-refractivity contribution in [3.63, 3.8) is 0 Å². The van der Waals surface area contributed by atoms with Crippen molar-refractivity contribution in [3.05, 3.63) is 29.7 Å². The van der Waals surface area contributed by atoms with Crippen LogP contribution in [0.3, 0.4) is 0 Å². The van der Waals surface area contributed by atoms with Crippen LogP contribution in [0.4, 0.5) is 0 Å². The molecule has 0 saturated heterocycles. The molecule has 0 aromatic carbocycles. The number of alkyl halides is 1. The monoisotopic (exact) mass is 251 g/mol. The molecule has 0 aliphatic heterocycles. The van der Waals surface area contributed by atoms with Crippen molar-refractivity contribution in [2.45, 2.75) is 32.6 Å². The van der Waals surface area contributed by atoms with Gasteiger partial charge in [0.25, 0.3) is 0 Å². The number of nitrogens with zero attached hydrogens (tertiary/aromatic N) is 5. The van der Waals surface area contributed by atoms with Crippen LogP contribution < -0.4 is 0 Å². The minimum Gasteiger partial charge on any atom is -0.259 e. The third-order valence-corrected chi connectivity index (χ3v) is 2.65. The van der Waals surface area contributed by atoms with Crippen LogP contribution in [0, 0.1) is 0 Å². The quantitative estimate of drug-likeness (QED) is 0.779. The molecule has 0 saturated carbocycles. The summed E-state index contributed by atoms with van der Waals surface area (Å²) >= 11 is 5.74. The van der Waals surface area contributed by atoms with Gasteiger partial charge in [0.2, 0.25) is 0 Å². The highest BCUT2D eigenvalue weighted by atomic mass is 35.5. The van der Waals surface area contributed by atoms with Gasteiger partial charge >= 0.3 is 0 Å². The highest BCUT2D eigenvalue weighted by Crippen LogP contribution is 2.09. The van der Waals surface area contributed by atoms with E-state index in [-0.39, 0.29) is 0 Å². The highest BCUT2D eigenvalue weighted by molar-refractivity contribution is 6.16. The molecule has 0 fully saturated rings. The maximum absolute atomic E-state index is 5.74. The predicted octanol–water partition coefficient (Wildman–Crippen LogP) is 1.92. The largest absolute Gasteiger partial charge is 0.259 e. The van der Waals surface area contributed by atoms with Crippen LogP contribution >= 0.6 is 11.6 Å². The lowest BCUT2D eigenvalue weighted by Crippen LogP contribution is -2.06. The highest BCUT2D eigenvalue weighted by Gasteiger charge is 2.10. The lowest BCUT2D eigenvalue weighted by Gasteiger charge is -2.03. The second kappa shape index (κ2) is 5.23. The zero-order valence-electron chi connectivity index (χ0n) is 9.89. The van der Waals surface area contributed by atoms with Gasteiger partial charge in [-0.3, -0.25) is 4.98 Å². The Balaban J connectivity index is 2.47. The number of rotatable bonds is 4. The van der Waals surface area contributed by atoms with Crippen molar-refractivity contribution < 1.29 is 0 Å². The summed E-state index contributed by atoms with van der Waals surface area (Å²) in [6.45, 7) is 4.07. The number of aromatic nitrogens is 5. The van der Waals surface area contributed by atoms with E-state index in [0.29, 0.717) is 11.7 Å². The van der Waals surface area contributed by atoms with Crippen molar-refractivity contribution in [2.24, 2.45) is 0 Å². The third kappa shape index (κ3) is 2.44. The Kier molecular flexibility index (Phi) is 3.68. The lowest BCUT2D eigenvalue weighted by atomic mass is 10.4. The first-order valence-corrected chi connectivity index (χ1v) is 6.14. The standard InChI is InChI=1S/C11H14ClN5/c1-3-9-15-10(4-2)17(16-9)11-7-13-6-8(5-12)14-11/h6-7H,3-5H2,1-2H3. The fraction of sp³-hybridized carbons (Fsp3) is 0.455.